The Morgan fingerprint density at radius 3 is 2.74 bits per heavy atom. The van der Waals surface area contributed by atoms with Crippen LogP contribution in [0.2, 0.25) is 0 Å². The molecule has 0 saturated carbocycles. The van der Waals surface area contributed by atoms with Crippen molar-refractivity contribution < 1.29 is 22.8 Å². The zero-order valence-electron chi connectivity index (χ0n) is 12.4. The number of aromatic nitrogens is 1. The van der Waals surface area contributed by atoms with Crippen LogP contribution >= 0.6 is 11.8 Å². The van der Waals surface area contributed by atoms with Crippen LogP contribution < -0.4 is 5.32 Å². The first-order valence-electron chi connectivity index (χ1n) is 6.97. The van der Waals surface area contributed by atoms with Crippen molar-refractivity contribution in [1.82, 2.24) is 15.2 Å². The highest BCUT2D eigenvalue weighted by Crippen LogP contribution is 2.21. The molecule has 1 aromatic rings. The number of amides is 2. The number of likely N-dealkylation sites (tertiary alicyclic amines) is 1. The minimum absolute atomic E-state index is 0.318. The monoisotopic (exact) mass is 347 g/mol. The molecule has 23 heavy (non-hydrogen) atoms. The van der Waals surface area contributed by atoms with E-state index in [0.29, 0.717) is 24.9 Å². The van der Waals surface area contributed by atoms with E-state index in [-0.39, 0.29) is 0 Å². The van der Waals surface area contributed by atoms with Gasteiger partial charge >= 0.3 is 6.18 Å². The average Bonchev–Trinajstić information content (AvgIpc) is 3.01. The molecule has 1 atom stereocenters. The van der Waals surface area contributed by atoms with Crippen LogP contribution in [0.15, 0.2) is 23.4 Å². The molecule has 1 aliphatic rings. The number of carbonyl (C=O) groups is 2. The molecule has 9 heteroatoms. The third-order valence-electron chi connectivity index (χ3n) is 3.47. The van der Waals surface area contributed by atoms with E-state index in [1.54, 1.807) is 12.1 Å². The highest BCUT2D eigenvalue weighted by Gasteiger charge is 2.36. The lowest BCUT2D eigenvalue weighted by molar-refractivity contribution is -0.140. The normalized spacial score (nSPS) is 18.1. The fourth-order valence-corrected chi connectivity index (χ4v) is 2.74. The summed E-state index contributed by atoms with van der Waals surface area (Å²) in [5.41, 5.74) is 0.318. The third kappa shape index (κ3) is 4.60. The zero-order valence-corrected chi connectivity index (χ0v) is 13.2. The third-order valence-corrected chi connectivity index (χ3v) is 4.13. The summed E-state index contributed by atoms with van der Waals surface area (Å²) in [6.07, 6.45) is -0.277. The molecular weight excluding hydrogens is 331 g/mol. The Kier molecular flexibility index (Phi) is 5.51. The predicted octanol–water partition coefficient (Wildman–Crippen LogP) is 2.09. The van der Waals surface area contributed by atoms with Gasteiger partial charge in [0.1, 0.15) is 12.6 Å². The van der Waals surface area contributed by atoms with Crippen molar-refractivity contribution in [1.29, 1.82) is 0 Å². The second-order valence-corrected chi connectivity index (χ2v) is 5.91. The molecule has 2 amide bonds. The van der Waals surface area contributed by atoms with Crippen LogP contribution in [0.3, 0.4) is 0 Å². The first kappa shape index (κ1) is 17.6. The van der Waals surface area contributed by atoms with E-state index in [4.69, 9.17) is 0 Å². The lowest BCUT2D eigenvalue weighted by Gasteiger charge is -2.24. The van der Waals surface area contributed by atoms with Gasteiger partial charge in [0.05, 0.1) is 10.6 Å². The molecule has 5 nitrogen and oxygen atoms in total. The molecule has 0 spiro atoms. The maximum absolute atomic E-state index is 12.4. The summed E-state index contributed by atoms with van der Waals surface area (Å²) in [6, 6.07) is 2.42. The Labute approximate surface area is 135 Å². The Morgan fingerprint density at radius 2 is 2.17 bits per heavy atom. The number of rotatable bonds is 4. The Bertz CT molecular complexity index is 578. The fourth-order valence-electron chi connectivity index (χ4n) is 2.38. The second kappa shape index (κ2) is 7.20. The van der Waals surface area contributed by atoms with Gasteiger partial charge in [-0.3, -0.25) is 9.59 Å². The van der Waals surface area contributed by atoms with E-state index in [1.807, 2.05) is 11.6 Å². The molecule has 1 aliphatic heterocycles. The van der Waals surface area contributed by atoms with Gasteiger partial charge in [0.15, 0.2) is 0 Å². The maximum Gasteiger partial charge on any atom is 0.405 e. The lowest BCUT2D eigenvalue weighted by Crippen LogP contribution is -2.48. The number of thioether (sulfide) groups is 1. The summed E-state index contributed by atoms with van der Waals surface area (Å²) in [4.78, 5) is 29.8. The number of pyridine rings is 1. The molecule has 0 aliphatic carbocycles. The number of hydrogen-bond acceptors (Lipinski definition) is 4. The molecule has 1 N–H and O–H groups in total. The van der Waals surface area contributed by atoms with Crippen molar-refractivity contribution in [2.45, 2.75) is 30.1 Å². The second-order valence-electron chi connectivity index (χ2n) is 5.08. The molecule has 1 unspecified atom stereocenters. The van der Waals surface area contributed by atoms with Crippen molar-refractivity contribution in [3.8, 4) is 0 Å². The highest BCUT2D eigenvalue weighted by molar-refractivity contribution is 7.98. The standard InChI is InChI=1S/C14H16F3N3O2S/c1-23-11-5-4-9(7-18-11)13(22)20-6-2-3-10(20)12(21)19-8-14(15,16)17/h4-5,7,10H,2-3,6,8H2,1H3,(H,19,21). The fraction of sp³-hybridized carbons (Fsp3) is 0.500. The molecule has 0 bridgehead atoms. The summed E-state index contributed by atoms with van der Waals surface area (Å²) in [5, 5.41) is 2.59. The minimum Gasteiger partial charge on any atom is -0.345 e. The molecule has 1 saturated heterocycles. The van der Waals surface area contributed by atoms with Gasteiger partial charge in [0.25, 0.3) is 5.91 Å². The van der Waals surface area contributed by atoms with Crippen LogP contribution in [-0.4, -0.2) is 53.3 Å². The van der Waals surface area contributed by atoms with Crippen molar-refractivity contribution in [2.24, 2.45) is 0 Å². The molecule has 0 aromatic carbocycles. The van der Waals surface area contributed by atoms with Crippen molar-refractivity contribution in [3.05, 3.63) is 23.9 Å². The molecule has 2 rings (SSSR count). The smallest absolute Gasteiger partial charge is 0.345 e. The molecule has 0 radical (unpaired) electrons. The largest absolute Gasteiger partial charge is 0.405 e. The van der Waals surface area contributed by atoms with Crippen LogP contribution in [0.4, 0.5) is 13.2 Å². The van der Waals surface area contributed by atoms with Crippen molar-refractivity contribution >= 4 is 23.6 Å². The van der Waals surface area contributed by atoms with Gasteiger partial charge in [-0.15, -0.1) is 11.8 Å². The van der Waals surface area contributed by atoms with Crippen molar-refractivity contribution in [3.63, 3.8) is 0 Å². The molecule has 1 fully saturated rings. The Hall–Kier alpha value is -1.77. The summed E-state index contributed by atoms with van der Waals surface area (Å²) >= 11 is 1.43. The number of alkyl halides is 3. The van der Waals surface area contributed by atoms with Crippen LogP contribution in [0.25, 0.3) is 0 Å². The maximum atomic E-state index is 12.4. The van der Waals surface area contributed by atoms with E-state index in [9.17, 15) is 22.8 Å². The number of carbonyl (C=O) groups excluding carboxylic acids is 2. The molecular formula is C14H16F3N3O2S. The van der Waals surface area contributed by atoms with Crippen LogP contribution in [0.5, 0.6) is 0 Å². The number of halogens is 3. The van der Waals surface area contributed by atoms with E-state index in [1.165, 1.54) is 22.9 Å². The van der Waals surface area contributed by atoms with Gasteiger partial charge in [0.2, 0.25) is 5.91 Å². The quantitative estimate of drug-likeness (QED) is 0.847. The summed E-state index contributed by atoms with van der Waals surface area (Å²) in [6.45, 7) is -1.05. The lowest BCUT2D eigenvalue weighted by atomic mass is 10.2. The van der Waals surface area contributed by atoms with Gasteiger partial charge in [0, 0.05) is 12.7 Å². The van der Waals surface area contributed by atoms with E-state index < -0.39 is 30.6 Å². The van der Waals surface area contributed by atoms with Crippen molar-refractivity contribution in [2.75, 3.05) is 19.3 Å². The van der Waals surface area contributed by atoms with Gasteiger partial charge in [-0.2, -0.15) is 13.2 Å². The van der Waals surface area contributed by atoms with E-state index >= 15 is 0 Å². The highest BCUT2D eigenvalue weighted by atomic mass is 32.2. The molecule has 2 heterocycles. The number of nitrogens with zero attached hydrogens (tertiary/aromatic N) is 2. The van der Waals surface area contributed by atoms with E-state index in [2.05, 4.69) is 4.98 Å². The summed E-state index contributed by atoms with van der Waals surface area (Å²) < 4.78 is 36.6. The molecule has 126 valence electrons. The van der Waals surface area contributed by atoms with Gasteiger partial charge in [-0.05, 0) is 31.2 Å². The summed E-state index contributed by atoms with van der Waals surface area (Å²) in [7, 11) is 0. The predicted molar refractivity (Wildman–Crippen MR) is 79.1 cm³/mol. The van der Waals surface area contributed by atoms with Gasteiger partial charge in [-0.25, -0.2) is 4.98 Å². The minimum atomic E-state index is -4.47. The number of nitrogens with one attached hydrogen (secondary N) is 1. The van der Waals surface area contributed by atoms with Gasteiger partial charge in [-0.1, -0.05) is 0 Å². The van der Waals surface area contributed by atoms with E-state index in [0.717, 1.165) is 5.03 Å². The summed E-state index contributed by atoms with van der Waals surface area (Å²) in [5.74, 6) is -1.17. The Balaban J connectivity index is 2.05. The van der Waals surface area contributed by atoms with Gasteiger partial charge < -0.3 is 10.2 Å². The first-order valence-corrected chi connectivity index (χ1v) is 8.20. The first-order chi connectivity index (χ1) is 10.8. The SMILES string of the molecule is CSc1ccc(C(=O)N2CCCC2C(=O)NCC(F)(F)F)cn1. The van der Waals surface area contributed by atoms with Crippen LogP contribution in [0.1, 0.15) is 23.2 Å². The molecule has 1 aromatic heterocycles. The number of hydrogen-bond donors (Lipinski definition) is 1. The zero-order chi connectivity index (χ0) is 17.0. The average molecular weight is 347 g/mol. The van der Waals surface area contributed by atoms with Crippen LogP contribution in [0, 0.1) is 0 Å². The Morgan fingerprint density at radius 1 is 1.43 bits per heavy atom. The van der Waals surface area contributed by atoms with Crippen LogP contribution in [-0.2, 0) is 4.79 Å². The topological polar surface area (TPSA) is 62.3 Å².